The van der Waals surface area contributed by atoms with Gasteiger partial charge in [0.25, 0.3) is 5.91 Å². The molecule has 0 bridgehead atoms. The molecule has 166 valence electrons. The lowest BCUT2D eigenvalue weighted by molar-refractivity contribution is -0.142. The molecule has 0 fully saturated rings. The van der Waals surface area contributed by atoms with Crippen LogP contribution in [-0.2, 0) is 22.6 Å². The maximum atomic E-state index is 13.9. The Balaban J connectivity index is 1.87. The molecule has 0 radical (unpaired) electrons. The summed E-state index contributed by atoms with van der Waals surface area (Å²) in [6.07, 6.45) is 0.271. The molecule has 0 aliphatic heterocycles. The Morgan fingerprint density at radius 3 is 2.22 bits per heavy atom. The molecule has 0 saturated heterocycles. The molecule has 7 heteroatoms. The van der Waals surface area contributed by atoms with Crippen molar-refractivity contribution in [1.82, 2.24) is 10.2 Å². The summed E-state index contributed by atoms with van der Waals surface area (Å²) in [6, 6.07) is 19.9. The summed E-state index contributed by atoms with van der Waals surface area (Å²) in [5.41, 5.74) is 1.51. The van der Waals surface area contributed by atoms with Gasteiger partial charge < -0.3 is 15.0 Å². The zero-order valence-electron chi connectivity index (χ0n) is 17.6. The highest BCUT2D eigenvalue weighted by Gasteiger charge is 2.30. The molecule has 0 spiro atoms. The average Bonchev–Trinajstić information content (AvgIpc) is 2.82. The monoisotopic (exact) mass is 438 g/mol. The smallest absolute Gasteiger partial charge is 0.261 e. The lowest BCUT2D eigenvalue weighted by Gasteiger charge is -2.31. The molecule has 0 aliphatic rings. The summed E-state index contributed by atoms with van der Waals surface area (Å²) in [5.74, 6) is -1.89. The molecule has 1 N–H and O–H groups in total. The predicted molar refractivity (Wildman–Crippen MR) is 117 cm³/mol. The van der Waals surface area contributed by atoms with Crippen LogP contribution in [0, 0.1) is 11.6 Å². The van der Waals surface area contributed by atoms with Crippen LogP contribution in [0.5, 0.6) is 5.75 Å². The standard InChI is InChI=1S/C25H24F2N2O3/c1-28-25(31)22(15-18-7-3-2-4-8-18)29(16-19-11-13-20(26)14-12-19)24(30)17-32-23-10-6-5-9-21(23)27/h2-14,22H,15-17H2,1H3,(H,28,31)/t22-/m1/s1. The lowest BCUT2D eigenvalue weighted by atomic mass is 10.0. The molecule has 0 aliphatic carbocycles. The maximum Gasteiger partial charge on any atom is 0.261 e. The van der Waals surface area contributed by atoms with Crippen molar-refractivity contribution in [3.05, 3.63) is 102 Å². The number of rotatable bonds is 9. The molecule has 3 aromatic rings. The molecule has 2 amide bonds. The van der Waals surface area contributed by atoms with Gasteiger partial charge in [0.1, 0.15) is 11.9 Å². The number of hydrogen-bond acceptors (Lipinski definition) is 3. The number of para-hydroxylation sites is 1. The van der Waals surface area contributed by atoms with Crippen molar-refractivity contribution in [3.63, 3.8) is 0 Å². The molecule has 5 nitrogen and oxygen atoms in total. The van der Waals surface area contributed by atoms with E-state index in [1.807, 2.05) is 30.3 Å². The first kappa shape index (κ1) is 22.9. The van der Waals surface area contributed by atoms with Gasteiger partial charge in [0.05, 0.1) is 0 Å². The first-order chi connectivity index (χ1) is 15.5. The van der Waals surface area contributed by atoms with Gasteiger partial charge in [-0.05, 0) is 35.4 Å². The average molecular weight is 438 g/mol. The van der Waals surface area contributed by atoms with E-state index in [2.05, 4.69) is 5.32 Å². The molecule has 1 atom stereocenters. The minimum atomic E-state index is -0.843. The molecule has 0 unspecified atom stereocenters. The second-order valence-corrected chi connectivity index (χ2v) is 7.19. The van der Waals surface area contributed by atoms with Crippen LogP contribution in [0.15, 0.2) is 78.9 Å². The van der Waals surface area contributed by atoms with Crippen molar-refractivity contribution in [1.29, 1.82) is 0 Å². The SMILES string of the molecule is CNC(=O)[C@@H](Cc1ccccc1)N(Cc1ccc(F)cc1)C(=O)COc1ccccc1F. The summed E-state index contributed by atoms with van der Waals surface area (Å²) in [7, 11) is 1.50. The van der Waals surface area contributed by atoms with Crippen molar-refractivity contribution in [2.24, 2.45) is 0 Å². The Morgan fingerprint density at radius 1 is 0.906 bits per heavy atom. The third-order valence-corrected chi connectivity index (χ3v) is 4.97. The van der Waals surface area contributed by atoms with Crippen molar-refractivity contribution in [2.75, 3.05) is 13.7 Å². The molecule has 0 aromatic heterocycles. The van der Waals surface area contributed by atoms with Crippen LogP contribution >= 0.6 is 0 Å². The number of benzene rings is 3. The fourth-order valence-electron chi connectivity index (χ4n) is 3.29. The summed E-state index contributed by atoms with van der Waals surface area (Å²) in [4.78, 5) is 27.3. The van der Waals surface area contributed by atoms with Gasteiger partial charge in [-0.25, -0.2) is 8.78 Å². The van der Waals surface area contributed by atoms with Crippen LogP contribution in [-0.4, -0.2) is 36.4 Å². The van der Waals surface area contributed by atoms with E-state index < -0.39 is 30.2 Å². The van der Waals surface area contributed by atoms with Crippen molar-refractivity contribution in [3.8, 4) is 5.75 Å². The minimum Gasteiger partial charge on any atom is -0.481 e. The summed E-state index contributed by atoms with van der Waals surface area (Å²) < 4.78 is 32.7. The second-order valence-electron chi connectivity index (χ2n) is 7.19. The molecule has 32 heavy (non-hydrogen) atoms. The minimum absolute atomic E-state index is 0.0536. The van der Waals surface area contributed by atoms with Gasteiger partial charge in [-0.1, -0.05) is 54.6 Å². The van der Waals surface area contributed by atoms with E-state index in [0.29, 0.717) is 5.56 Å². The largest absolute Gasteiger partial charge is 0.481 e. The van der Waals surface area contributed by atoms with Crippen LogP contribution in [0.2, 0.25) is 0 Å². The van der Waals surface area contributed by atoms with Crippen molar-refractivity contribution >= 4 is 11.8 Å². The van der Waals surface area contributed by atoms with Crippen molar-refractivity contribution < 1.29 is 23.1 Å². The Morgan fingerprint density at radius 2 is 1.56 bits per heavy atom. The van der Waals surface area contributed by atoms with Gasteiger partial charge in [-0.2, -0.15) is 0 Å². The fourth-order valence-corrected chi connectivity index (χ4v) is 3.29. The number of likely N-dealkylation sites (N-methyl/N-ethyl adjacent to an activating group) is 1. The molecule has 0 saturated carbocycles. The van der Waals surface area contributed by atoms with Crippen molar-refractivity contribution in [2.45, 2.75) is 19.0 Å². The zero-order valence-corrected chi connectivity index (χ0v) is 17.6. The van der Waals surface area contributed by atoms with Gasteiger partial charge in [0.15, 0.2) is 18.2 Å². The summed E-state index contributed by atoms with van der Waals surface area (Å²) >= 11 is 0. The highest BCUT2D eigenvalue weighted by atomic mass is 19.1. The van der Waals surface area contributed by atoms with Crippen LogP contribution in [0.3, 0.4) is 0 Å². The zero-order chi connectivity index (χ0) is 22.9. The van der Waals surface area contributed by atoms with Gasteiger partial charge in [-0.15, -0.1) is 0 Å². The lowest BCUT2D eigenvalue weighted by Crippen LogP contribution is -2.51. The summed E-state index contributed by atoms with van der Waals surface area (Å²) in [6.45, 7) is -0.394. The van der Waals surface area contributed by atoms with E-state index in [1.165, 1.54) is 42.3 Å². The van der Waals surface area contributed by atoms with E-state index in [1.54, 1.807) is 18.2 Å². The van der Waals surface area contributed by atoms with E-state index in [4.69, 9.17) is 4.74 Å². The fraction of sp³-hybridized carbons (Fsp3) is 0.200. The Bertz CT molecular complexity index is 1040. The van der Waals surface area contributed by atoms with Crippen LogP contribution in [0.25, 0.3) is 0 Å². The van der Waals surface area contributed by atoms with Gasteiger partial charge in [0, 0.05) is 20.0 Å². The van der Waals surface area contributed by atoms with E-state index in [9.17, 15) is 18.4 Å². The molecular formula is C25H24F2N2O3. The van der Waals surface area contributed by atoms with Crippen LogP contribution < -0.4 is 10.1 Å². The van der Waals surface area contributed by atoms with Gasteiger partial charge in [-0.3, -0.25) is 9.59 Å². The topological polar surface area (TPSA) is 58.6 Å². The van der Waals surface area contributed by atoms with Crippen LogP contribution in [0.1, 0.15) is 11.1 Å². The quantitative estimate of drug-likeness (QED) is 0.554. The Kier molecular flexibility index (Phi) is 7.91. The summed E-state index contributed by atoms with van der Waals surface area (Å²) in [5, 5.41) is 2.60. The second kappa shape index (κ2) is 11.0. The first-order valence-electron chi connectivity index (χ1n) is 10.1. The Hall–Kier alpha value is -3.74. The number of carbonyl (C=O) groups excluding carboxylic acids is 2. The van der Waals surface area contributed by atoms with Gasteiger partial charge in [0.2, 0.25) is 5.91 Å². The number of amides is 2. The normalized spacial score (nSPS) is 11.5. The van der Waals surface area contributed by atoms with E-state index >= 15 is 0 Å². The molecule has 3 rings (SSSR count). The maximum absolute atomic E-state index is 13.9. The third kappa shape index (κ3) is 6.14. The predicted octanol–water partition coefficient (Wildman–Crippen LogP) is 3.73. The first-order valence-corrected chi connectivity index (χ1v) is 10.1. The van der Waals surface area contributed by atoms with E-state index in [-0.39, 0.29) is 24.6 Å². The number of ether oxygens (including phenoxy) is 1. The number of nitrogens with one attached hydrogen (secondary N) is 1. The van der Waals surface area contributed by atoms with Gasteiger partial charge >= 0.3 is 0 Å². The molecule has 0 heterocycles. The third-order valence-electron chi connectivity index (χ3n) is 4.97. The number of carbonyl (C=O) groups is 2. The number of halogens is 2. The Labute approximate surface area is 185 Å². The number of hydrogen-bond donors (Lipinski definition) is 1. The van der Waals surface area contributed by atoms with Crippen LogP contribution in [0.4, 0.5) is 8.78 Å². The molecule has 3 aromatic carbocycles. The van der Waals surface area contributed by atoms with E-state index in [0.717, 1.165) is 5.56 Å². The molecular weight excluding hydrogens is 414 g/mol. The number of nitrogens with zero attached hydrogens (tertiary/aromatic N) is 1. The highest BCUT2D eigenvalue weighted by Crippen LogP contribution is 2.18. The highest BCUT2D eigenvalue weighted by molar-refractivity contribution is 5.88.